The number of rotatable bonds is 5. The van der Waals surface area contributed by atoms with Gasteiger partial charge in [-0.15, -0.1) is 0 Å². The van der Waals surface area contributed by atoms with Crippen molar-refractivity contribution in [3.05, 3.63) is 0 Å². The van der Waals surface area contributed by atoms with Gasteiger partial charge in [-0.2, -0.15) is 0 Å². The molecule has 6 nitrogen and oxygen atoms in total. The molecule has 0 spiro atoms. The zero-order chi connectivity index (χ0) is 10.6. The van der Waals surface area contributed by atoms with Crippen LogP contribution in [0.5, 0.6) is 0 Å². The van der Waals surface area contributed by atoms with E-state index in [-0.39, 0.29) is 0 Å². The molecule has 0 saturated heterocycles. The highest BCUT2D eigenvalue weighted by atomic mass is 16.3. The van der Waals surface area contributed by atoms with E-state index in [1.165, 1.54) is 4.68 Å². The summed E-state index contributed by atoms with van der Waals surface area (Å²) in [6.07, 6.45) is 1.42. The van der Waals surface area contributed by atoms with E-state index in [2.05, 4.69) is 20.8 Å². The average molecular weight is 199 g/mol. The van der Waals surface area contributed by atoms with Crippen molar-refractivity contribution < 1.29 is 5.11 Å². The molecule has 0 aliphatic carbocycles. The van der Waals surface area contributed by atoms with Gasteiger partial charge in [0.1, 0.15) is 0 Å². The van der Waals surface area contributed by atoms with Gasteiger partial charge in [-0.25, -0.2) is 4.68 Å². The number of aliphatic hydroxyl groups is 1. The Labute approximate surface area is 83.3 Å². The van der Waals surface area contributed by atoms with Gasteiger partial charge in [-0.3, -0.25) is 0 Å². The smallest absolute Gasteiger partial charge is 0.242 e. The van der Waals surface area contributed by atoms with Crippen LogP contribution < -0.4 is 5.32 Å². The molecule has 0 saturated carbocycles. The molecule has 0 aromatic carbocycles. The predicted molar refractivity (Wildman–Crippen MR) is 52.8 cm³/mol. The van der Waals surface area contributed by atoms with Crippen LogP contribution in [0.3, 0.4) is 0 Å². The summed E-state index contributed by atoms with van der Waals surface area (Å²) in [6, 6.07) is 0. The number of aryl methyl sites for hydroxylation is 1. The maximum atomic E-state index is 9.98. The number of aromatic nitrogens is 4. The van der Waals surface area contributed by atoms with Crippen molar-refractivity contribution in [2.45, 2.75) is 32.3 Å². The van der Waals surface area contributed by atoms with E-state index in [1.54, 1.807) is 7.05 Å². The fourth-order valence-electron chi connectivity index (χ4n) is 1.12. The summed E-state index contributed by atoms with van der Waals surface area (Å²) in [4.78, 5) is 0. The van der Waals surface area contributed by atoms with Crippen molar-refractivity contribution >= 4 is 5.95 Å². The minimum Gasteiger partial charge on any atom is -0.388 e. The molecule has 0 aliphatic rings. The second kappa shape index (κ2) is 4.36. The Morgan fingerprint density at radius 3 is 2.50 bits per heavy atom. The number of nitrogens with one attached hydrogen (secondary N) is 1. The second-order valence-corrected chi connectivity index (χ2v) is 3.41. The summed E-state index contributed by atoms with van der Waals surface area (Å²) in [5.41, 5.74) is -0.675. The van der Waals surface area contributed by atoms with E-state index in [0.717, 1.165) is 0 Å². The van der Waals surface area contributed by atoms with Gasteiger partial charge in [0.05, 0.1) is 5.60 Å². The molecular formula is C8H17N5O. The fourth-order valence-corrected chi connectivity index (χ4v) is 1.12. The second-order valence-electron chi connectivity index (χ2n) is 3.41. The Bertz CT molecular complexity index is 281. The van der Waals surface area contributed by atoms with Crippen molar-refractivity contribution in [1.82, 2.24) is 20.2 Å². The monoisotopic (exact) mass is 199 g/mol. The van der Waals surface area contributed by atoms with Crippen LogP contribution in [-0.4, -0.2) is 37.5 Å². The molecule has 1 heterocycles. The quantitative estimate of drug-likeness (QED) is 0.707. The zero-order valence-corrected chi connectivity index (χ0v) is 8.86. The van der Waals surface area contributed by atoms with E-state index in [1.807, 2.05) is 13.8 Å². The van der Waals surface area contributed by atoms with Crippen LogP contribution >= 0.6 is 0 Å². The van der Waals surface area contributed by atoms with Crippen LogP contribution in [-0.2, 0) is 7.05 Å². The van der Waals surface area contributed by atoms with Gasteiger partial charge in [-0.1, -0.05) is 18.9 Å². The highest BCUT2D eigenvalue weighted by Crippen LogP contribution is 2.14. The number of nitrogens with zero attached hydrogens (tertiary/aromatic N) is 4. The number of anilines is 1. The Hall–Kier alpha value is -1.17. The molecule has 0 aliphatic heterocycles. The van der Waals surface area contributed by atoms with Crippen LogP contribution in [0.1, 0.15) is 26.7 Å². The van der Waals surface area contributed by atoms with Crippen LogP contribution in [0.15, 0.2) is 0 Å². The van der Waals surface area contributed by atoms with Gasteiger partial charge >= 0.3 is 0 Å². The van der Waals surface area contributed by atoms with Crippen molar-refractivity contribution in [3.63, 3.8) is 0 Å². The third kappa shape index (κ3) is 2.41. The molecule has 0 atom stereocenters. The highest BCUT2D eigenvalue weighted by molar-refractivity contribution is 5.21. The molecule has 1 aromatic heterocycles. The first-order valence-corrected chi connectivity index (χ1v) is 4.80. The summed E-state index contributed by atoms with van der Waals surface area (Å²) < 4.78 is 1.53. The summed E-state index contributed by atoms with van der Waals surface area (Å²) in [6.45, 7) is 4.38. The Balaban J connectivity index is 2.52. The summed E-state index contributed by atoms with van der Waals surface area (Å²) in [5.74, 6) is 0.574. The Kier molecular flexibility index (Phi) is 3.40. The summed E-state index contributed by atoms with van der Waals surface area (Å²) >= 11 is 0. The molecule has 0 unspecified atom stereocenters. The summed E-state index contributed by atoms with van der Waals surface area (Å²) in [7, 11) is 1.75. The van der Waals surface area contributed by atoms with Gasteiger partial charge in [0, 0.05) is 13.6 Å². The van der Waals surface area contributed by atoms with E-state index in [0.29, 0.717) is 25.3 Å². The Morgan fingerprint density at radius 1 is 1.43 bits per heavy atom. The predicted octanol–water partition coefficient (Wildman–Crippen LogP) is 0.173. The number of tetrazole rings is 1. The molecule has 2 N–H and O–H groups in total. The van der Waals surface area contributed by atoms with E-state index in [9.17, 15) is 5.11 Å². The molecular weight excluding hydrogens is 182 g/mol. The molecule has 6 heteroatoms. The fraction of sp³-hybridized carbons (Fsp3) is 0.875. The minimum atomic E-state index is -0.675. The van der Waals surface area contributed by atoms with Crippen LogP contribution in [0, 0.1) is 0 Å². The maximum Gasteiger partial charge on any atom is 0.242 e. The van der Waals surface area contributed by atoms with Gasteiger partial charge in [-0.05, 0) is 23.3 Å². The van der Waals surface area contributed by atoms with Crippen molar-refractivity contribution in [3.8, 4) is 0 Å². The lowest BCUT2D eigenvalue weighted by molar-refractivity contribution is 0.0455. The zero-order valence-electron chi connectivity index (χ0n) is 8.86. The lowest BCUT2D eigenvalue weighted by atomic mass is 9.98. The molecule has 1 rings (SSSR count). The van der Waals surface area contributed by atoms with Crippen molar-refractivity contribution in [1.29, 1.82) is 0 Å². The van der Waals surface area contributed by atoms with Gasteiger partial charge in [0.25, 0.3) is 0 Å². The lowest BCUT2D eigenvalue weighted by Crippen LogP contribution is -2.36. The topological polar surface area (TPSA) is 75.9 Å². The molecule has 1 aromatic rings. The largest absolute Gasteiger partial charge is 0.388 e. The van der Waals surface area contributed by atoms with Gasteiger partial charge in [0.2, 0.25) is 5.95 Å². The first-order chi connectivity index (χ1) is 6.61. The molecule has 0 radical (unpaired) electrons. The Morgan fingerprint density at radius 2 is 2.07 bits per heavy atom. The third-order valence-electron chi connectivity index (χ3n) is 2.51. The maximum absolute atomic E-state index is 9.98. The average Bonchev–Trinajstić information content (AvgIpc) is 2.61. The van der Waals surface area contributed by atoms with Gasteiger partial charge in [0.15, 0.2) is 0 Å². The number of hydrogen-bond donors (Lipinski definition) is 2. The van der Waals surface area contributed by atoms with Gasteiger partial charge < -0.3 is 10.4 Å². The molecule has 14 heavy (non-hydrogen) atoms. The summed E-state index contributed by atoms with van der Waals surface area (Å²) in [5, 5.41) is 23.9. The SMILES string of the molecule is CCC(O)(CC)CNc1nnnn1C. The molecule has 0 amide bonds. The van der Waals surface area contributed by atoms with Crippen LogP contribution in [0.25, 0.3) is 0 Å². The van der Waals surface area contributed by atoms with Crippen LogP contribution in [0.4, 0.5) is 5.95 Å². The standard InChI is InChI=1S/C8H17N5O/c1-4-8(14,5-2)6-9-7-10-11-12-13(7)3/h14H,4-6H2,1-3H3,(H,9,10,12). The first kappa shape index (κ1) is 10.9. The van der Waals surface area contributed by atoms with Crippen molar-refractivity contribution in [2.75, 3.05) is 11.9 Å². The normalized spacial score (nSPS) is 11.7. The van der Waals surface area contributed by atoms with E-state index >= 15 is 0 Å². The third-order valence-corrected chi connectivity index (χ3v) is 2.51. The minimum absolute atomic E-state index is 0.466. The van der Waals surface area contributed by atoms with Crippen molar-refractivity contribution in [2.24, 2.45) is 7.05 Å². The first-order valence-electron chi connectivity index (χ1n) is 4.80. The molecule has 80 valence electrons. The number of hydrogen-bond acceptors (Lipinski definition) is 5. The van der Waals surface area contributed by atoms with Crippen LogP contribution in [0.2, 0.25) is 0 Å². The lowest BCUT2D eigenvalue weighted by Gasteiger charge is -2.25. The van der Waals surface area contributed by atoms with E-state index < -0.39 is 5.60 Å². The highest BCUT2D eigenvalue weighted by Gasteiger charge is 2.22. The van der Waals surface area contributed by atoms with E-state index in [4.69, 9.17) is 0 Å². The molecule has 0 bridgehead atoms. The molecule has 0 fully saturated rings.